The highest BCUT2D eigenvalue weighted by molar-refractivity contribution is 14.1. The van der Waals surface area contributed by atoms with E-state index in [1.54, 1.807) is 0 Å². The Morgan fingerprint density at radius 1 is 1.19 bits per heavy atom. The Morgan fingerprint density at radius 2 is 1.88 bits per heavy atom. The zero-order valence-corrected chi connectivity index (χ0v) is 12.3. The molecule has 16 heavy (non-hydrogen) atoms. The van der Waals surface area contributed by atoms with Gasteiger partial charge in [-0.15, -0.1) is 0 Å². The van der Waals surface area contributed by atoms with Gasteiger partial charge in [-0.25, -0.2) is 9.97 Å². The Hall–Kier alpha value is -0.400. The van der Waals surface area contributed by atoms with Crippen LogP contribution in [0.4, 0.5) is 0 Å². The normalized spacial score (nSPS) is 10.2. The van der Waals surface area contributed by atoms with Crippen LogP contribution in [0.3, 0.4) is 0 Å². The third kappa shape index (κ3) is 2.83. The number of benzene rings is 1. The molecule has 2 aromatic rings. The van der Waals surface area contributed by atoms with E-state index in [2.05, 4.69) is 48.5 Å². The monoisotopic (exact) mass is 410 g/mol. The summed E-state index contributed by atoms with van der Waals surface area (Å²) in [5.41, 5.74) is 0. The first-order valence-electron chi connectivity index (χ1n) is 4.26. The number of halogens is 3. The molecule has 0 unspecified atom stereocenters. The number of hydrogen-bond donors (Lipinski definition) is 0. The lowest BCUT2D eigenvalue weighted by Crippen LogP contribution is -1.91. The first kappa shape index (κ1) is 12.1. The van der Waals surface area contributed by atoms with Crippen LogP contribution in [0.15, 0.2) is 35.1 Å². The molecule has 0 radical (unpaired) electrons. The Bertz CT molecular complexity index is 507. The molecule has 0 aliphatic carbocycles. The van der Waals surface area contributed by atoms with Gasteiger partial charge in [-0.1, -0.05) is 11.6 Å². The van der Waals surface area contributed by atoms with Crippen LogP contribution in [0.2, 0.25) is 5.15 Å². The van der Waals surface area contributed by atoms with Gasteiger partial charge in [0, 0.05) is 3.57 Å². The van der Waals surface area contributed by atoms with Gasteiger partial charge in [-0.3, -0.25) is 0 Å². The van der Waals surface area contributed by atoms with E-state index in [9.17, 15) is 0 Å². The van der Waals surface area contributed by atoms with Crippen LogP contribution < -0.4 is 4.74 Å². The molecule has 0 N–H and O–H groups in total. The third-order valence-corrected chi connectivity index (χ3v) is 3.69. The Labute approximate surface area is 119 Å². The van der Waals surface area contributed by atoms with Crippen molar-refractivity contribution in [2.45, 2.75) is 0 Å². The molecule has 1 aromatic carbocycles. The molecule has 0 bridgehead atoms. The van der Waals surface area contributed by atoms with Crippen LogP contribution in [-0.2, 0) is 0 Å². The summed E-state index contributed by atoms with van der Waals surface area (Å²) in [6.45, 7) is 0. The summed E-state index contributed by atoms with van der Waals surface area (Å²) in [7, 11) is 0. The summed E-state index contributed by atoms with van der Waals surface area (Å²) in [4.78, 5) is 7.81. The second-order valence-electron chi connectivity index (χ2n) is 2.84. The van der Waals surface area contributed by atoms with Gasteiger partial charge in [0.2, 0.25) is 5.88 Å². The van der Waals surface area contributed by atoms with E-state index in [0.717, 1.165) is 3.57 Å². The summed E-state index contributed by atoms with van der Waals surface area (Å²) in [6.07, 6.45) is 1.36. The fraction of sp³-hybridized carbons (Fsp3) is 0. The largest absolute Gasteiger partial charge is 0.438 e. The highest BCUT2D eigenvalue weighted by atomic mass is 127. The lowest BCUT2D eigenvalue weighted by Gasteiger charge is -2.06. The predicted octanol–water partition coefficient (Wildman–Crippen LogP) is 4.29. The number of hydrogen-bond acceptors (Lipinski definition) is 3. The minimum atomic E-state index is 0.329. The molecule has 3 nitrogen and oxygen atoms in total. The lowest BCUT2D eigenvalue weighted by molar-refractivity contribution is 0.458. The maximum absolute atomic E-state index is 5.83. The van der Waals surface area contributed by atoms with E-state index in [-0.39, 0.29) is 0 Å². The van der Waals surface area contributed by atoms with Crippen LogP contribution in [0.5, 0.6) is 11.6 Å². The van der Waals surface area contributed by atoms with Crippen molar-refractivity contribution in [1.82, 2.24) is 9.97 Å². The smallest absolute Gasteiger partial charge is 0.238 e. The fourth-order valence-corrected chi connectivity index (χ4v) is 1.79. The Balaban J connectivity index is 2.27. The minimum Gasteiger partial charge on any atom is -0.438 e. The standard InChI is InChI=1S/C10H5BrClIN2O/c11-8-9(12)14-5-15-10(8)16-7-3-1-6(13)2-4-7/h1-5H. The molecule has 2 rings (SSSR count). The van der Waals surface area contributed by atoms with E-state index >= 15 is 0 Å². The Morgan fingerprint density at radius 3 is 2.56 bits per heavy atom. The number of ether oxygens (including phenoxy) is 1. The van der Waals surface area contributed by atoms with Gasteiger partial charge < -0.3 is 4.74 Å². The molecule has 0 spiro atoms. The minimum absolute atomic E-state index is 0.329. The number of aromatic nitrogens is 2. The van der Waals surface area contributed by atoms with Crippen molar-refractivity contribution < 1.29 is 4.74 Å². The van der Waals surface area contributed by atoms with Crippen molar-refractivity contribution in [3.63, 3.8) is 0 Å². The molecule has 0 atom stereocenters. The molecule has 1 aromatic heterocycles. The molecule has 82 valence electrons. The van der Waals surface area contributed by atoms with E-state index in [1.807, 2.05) is 24.3 Å². The van der Waals surface area contributed by atoms with Gasteiger partial charge >= 0.3 is 0 Å². The molecule has 0 saturated carbocycles. The molecule has 0 saturated heterocycles. The summed E-state index contributed by atoms with van der Waals surface area (Å²) >= 11 is 11.3. The topological polar surface area (TPSA) is 35.0 Å². The van der Waals surface area contributed by atoms with Crippen molar-refractivity contribution in [2.24, 2.45) is 0 Å². The fourth-order valence-electron chi connectivity index (χ4n) is 1.02. The van der Waals surface area contributed by atoms with Gasteiger partial charge in [0.15, 0.2) is 5.15 Å². The zero-order valence-electron chi connectivity index (χ0n) is 7.82. The van der Waals surface area contributed by atoms with Gasteiger partial charge in [0.25, 0.3) is 0 Å². The van der Waals surface area contributed by atoms with Crippen molar-refractivity contribution in [3.05, 3.63) is 43.8 Å². The molecule has 6 heteroatoms. The molecule has 0 aliphatic heterocycles. The Kier molecular flexibility index (Phi) is 3.99. The predicted molar refractivity (Wildman–Crippen MR) is 74.0 cm³/mol. The van der Waals surface area contributed by atoms with Gasteiger partial charge in [0.1, 0.15) is 16.5 Å². The van der Waals surface area contributed by atoms with Crippen molar-refractivity contribution in [2.75, 3.05) is 0 Å². The van der Waals surface area contributed by atoms with E-state index in [0.29, 0.717) is 21.3 Å². The third-order valence-electron chi connectivity index (χ3n) is 1.74. The van der Waals surface area contributed by atoms with Crippen LogP contribution in [0, 0.1) is 3.57 Å². The summed E-state index contributed by atoms with van der Waals surface area (Å²) in [6, 6.07) is 7.63. The first-order chi connectivity index (χ1) is 7.66. The second kappa shape index (κ2) is 5.29. The molecular weight excluding hydrogens is 406 g/mol. The maximum atomic E-state index is 5.83. The molecule has 0 amide bonds. The lowest BCUT2D eigenvalue weighted by atomic mass is 10.3. The average molecular weight is 411 g/mol. The number of nitrogens with zero attached hydrogens (tertiary/aromatic N) is 2. The molecular formula is C10H5BrClIN2O. The zero-order chi connectivity index (χ0) is 11.5. The molecule has 0 aliphatic rings. The second-order valence-corrected chi connectivity index (χ2v) is 5.24. The van der Waals surface area contributed by atoms with Crippen molar-refractivity contribution in [1.29, 1.82) is 0 Å². The molecule has 1 heterocycles. The van der Waals surface area contributed by atoms with Crippen molar-refractivity contribution >= 4 is 50.1 Å². The number of rotatable bonds is 2. The highest BCUT2D eigenvalue weighted by Gasteiger charge is 2.08. The molecule has 0 fully saturated rings. The SMILES string of the molecule is Clc1ncnc(Oc2ccc(I)cc2)c1Br. The summed E-state index contributed by atoms with van der Waals surface area (Å²) < 4.78 is 7.25. The summed E-state index contributed by atoms with van der Waals surface area (Å²) in [5, 5.41) is 0.329. The van der Waals surface area contributed by atoms with Crippen LogP contribution in [0.25, 0.3) is 0 Å². The van der Waals surface area contributed by atoms with E-state index in [1.165, 1.54) is 6.33 Å². The first-order valence-corrected chi connectivity index (χ1v) is 6.51. The van der Waals surface area contributed by atoms with Crippen LogP contribution in [0.1, 0.15) is 0 Å². The summed E-state index contributed by atoms with van der Waals surface area (Å²) in [5.74, 6) is 1.11. The quantitative estimate of drug-likeness (QED) is 0.546. The highest BCUT2D eigenvalue weighted by Crippen LogP contribution is 2.31. The van der Waals surface area contributed by atoms with E-state index in [4.69, 9.17) is 16.3 Å². The maximum Gasteiger partial charge on any atom is 0.238 e. The van der Waals surface area contributed by atoms with Crippen LogP contribution >= 0.6 is 50.1 Å². The van der Waals surface area contributed by atoms with Gasteiger partial charge in [0.05, 0.1) is 0 Å². The average Bonchev–Trinajstić information content (AvgIpc) is 2.28. The van der Waals surface area contributed by atoms with E-state index < -0.39 is 0 Å². The van der Waals surface area contributed by atoms with Gasteiger partial charge in [-0.2, -0.15) is 0 Å². The van der Waals surface area contributed by atoms with Gasteiger partial charge in [-0.05, 0) is 62.8 Å². The van der Waals surface area contributed by atoms with Crippen LogP contribution in [-0.4, -0.2) is 9.97 Å². The van der Waals surface area contributed by atoms with Crippen molar-refractivity contribution in [3.8, 4) is 11.6 Å².